The van der Waals surface area contributed by atoms with Crippen molar-refractivity contribution in [3.05, 3.63) is 0 Å². The van der Waals surface area contributed by atoms with Crippen LogP contribution in [0.15, 0.2) is 0 Å². The van der Waals surface area contributed by atoms with Gasteiger partial charge in [-0.2, -0.15) is 0 Å². The number of nitrogens with two attached hydrogens (primary N) is 1. The van der Waals surface area contributed by atoms with Gasteiger partial charge in [-0.3, -0.25) is 4.90 Å². The van der Waals surface area contributed by atoms with Crippen molar-refractivity contribution in [3.63, 3.8) is 0 Å². The number of hydrogen-bond acceptors (Lipinski definition) is 3. The van der Waals surface area contributed by atoms with E-state index < -0.39 is 0 Å². The van der Waals surface area contributed by atoms with Gasteiger partial charge in [0.25, 0.3) is 0 Å². The Morgan fingerprint density at radius 3 is 2.50 bits per heavy atom. The first-order valence-corrected chi connectivity index (χ1v) is 7.60. The van der Waals surface area contributed by atoms with E-state index in [0.717, 1.165) is 24.4 Å². The molecule has 2 aliphatic rings. The lowest BCUT2D eigenvalue weighted by Crippen LogP contribution is -2.62. The maximum absolute atomic E-state index is 6.09. The van der Waals surface area contributed by atoms with Gasteiger partial charge in [-0.1, -0.05) is 13.8 Å². The summed E-state index contributed by atoms with van der Waals surface area (Å²) in [6.45, 7) is 7.97. The topological polar surface area (TPSA) is 32.5 Å². The fourth-order valence-corrected chi connectivity index (χ4v) is 3.74. The van der Waals surface area contributed by atoms with E-state index in [9.17, 15) is 0 Å². The summed E-state index contributed by atoms with van der Waals surface area (Å²) < 4.78 is 0. The summed E-state index contributed by atoms with van der Waals surface area (Å²) in [5.74, 6) is 1.70. The van der Waals surface area contributed by atoms with Crippen molar-refractivity contribution >= 4 is 0 Å². The number of likely N-dealkylation sites (tertiary alicyclic amines) is 1. The summed E-state index contributed by atoms with van der Waals surface area (Å²) in [6.07, 6.45) is 5.32. The molecule has 0 bridgehead atoms. The van der Waals surface area contributed by atoms with Crippen LogP contribution in [0.3, 0.4) is 0 Å². The normalized spacial score (nSPS) is 37.5. The van der Waals surface area contributed by atoms with Crippen LogP contribution < -0.4 is 5.73 Å². The van der Waals surface area contributed by atoms with Gasteiger partial charge in [-0.15, -0.1) is 0 Å². The van der Waals surface area contributed by atoms with Crippen molar-refractivity contribution in [3.8, 4) is 0 Å². The third kappa shape index (κ3) is 2.59. The molecule has 106 valence electrons. The summed E-state index contributed by atoms with van der Waals surface area (Å²) in [6, 6.07) is 0.747. The molecular formula is C15H31N3. The van der Waals surface area contributed by atoms with Crippen LogP contribution in [0.4, 0.5) is 0 Å². The minimum absolute atomic E-state index is 0.304. The Labute approximate surface area is 113 Å². The summed E-state index contributed by atoms with van der Waals surface area (Å²) in [5.41, 5.74) is 6.39. The second kappa shape index (κ2) is 5.48. The van der Waals surface area contributed by atoms with Gasteiger partial charge in [0.15, 0.2) is 0 Å². The quantitative estimate of drug-likeness (QED) is 0.810. The largest absolute Gasteiger partial charge is 0.329 e. The van der Waals surface area contributed by atoms with E-state index in [1.807, 2.05) is 0 Å². The first-order chi connectivity index (χ1) is 8.48. The molecule has 3 heteroatoms. The highest BCUT2D eigenvalue weighted by atomic mass is 15.3. The number of likely N-dealkylation sites (N-methyl/N-ethyl adjacent to an activating group) is 2. The van der Waals surface area contributed by atoms with E-state index in [0.29, 0.717) is 5.54 Å². The molecule has 1 unspecified atom stereocenters. The average molecular weight is 253 g/mol. The third-order valence-electron chi connectivity index (χ3n) is 5.57. The number of rotatable bonds is 5. The maximum Gasteiger partial charge on any atom is 0.0334 e. The molecule has 1 atom stereocenters. The molecule has 1 heterocycles. The van der Waals surface area contributed by atoms with Gasteiger partial charge < -0.3 is 10.6 Å². The van der Waals surface area contributed by atoms with Gasteiger partial charge >= 0.3 is 0 Å². The second-order valence-electron chi connectivity index (χ2n) is 7.00. The van der Waals surface area contributed by atoms with Crippen LogP contribution in [-0.2, 0) is 0 Å². The van der Waals surface area contributed by atoms with E-state index in [1.165, 1.54) is 38.8 Å². The molecule has 2 rings (SSSR count). The van der Waals surface area contributed by atoms with Crippen LogP contribution in [0.1, 0.15) is 39.5 Å². The Morgan fingerprint density at radius 2 is 2.06 bits per heavy atom. The van der Waals surface area contributed by atoms with E-state index in [4.69, 9.17) is 5.73 Å². The molecule has 3 nitrogen and oxygen atoms in total. The molecule has 1 saturated heterocycles. The van der Waals surface area contributed by atoms with Gasteiger partial charge in [0.05, 0.1) is 0 Å². The Hall–Kier alpha value is -0.120. The van der Waals surface area contributed by atoms with Crippen LogP contribution in [0.25, 0.3) is 0 Å². The first-order valence-electron chi connectivity index (χ1n) is 7.60. The molecule has 0 aromatic rings. The van der Waals surface area contributed by atoms with Crippen LogP contribution in [0, 0.1) is 11.8 Å². The molecule has 0 radical (unpaired) electrons. The summed E-state index contributed by atoms with van der Waals surface area (Å²) in [4.78, 5) is 5.08. The lowest BCUT2D eigenvalue weighted by atomic mass is 9.63. The molecule has 0 spiro atoms. The molecule has 1 aliphatic carbocycles. The molecule has 0 aromatic carbocycles. The fraction of sp³-hybridized carbons (Fsp3) is 1.00. The zero-order valence-electron chi connectivity index (χ0n) is 12.7. The smallest absolute Gasteiger partial charge is 0.0334 e. The highest BCUT2D eigenvalue weighted by Crippen LogP contribution is 2.45. The van der Waals surface area contributed by atoms with Crippen molar-refractivity contribution in [2.45, 2.75) is 51.1 Å². The Bertz CT molecular complexity index is 271. The third-order valence-corrected chi connectivity index (χ3v) is 5.57. The van der Waals surface area contributed by atoms with Crippen LogP contribution in [0.2, 0.25) is 0 Å². The maximum atomic E-state index is 6.09. The van der Waals surface area contributed by atoms with Crippen molar-refractivity contribution in [2.75, 3.05) is 33.7 Å². The second-order valence-corrected chi connectivity index (χ2v) is 7.00. The van der Waals surface area contributed by atoms with Crippen LogP contribution in [-0.4, -0.2) is 55.1 Å². The molecule has 18 heavy (non-hydrogen) atoms. The van der Waals surface area contributed by atoms with Crippen molar-refractivity contribution in [2.24, 2.45) is 17.6 Å². The summed E-state index contributed by atoms with van der Waals surface area (Å²) in [5, 5.41) is 0. The molecule has 2 N–H and O–H groups in total. The summed E-state index contributed by atoms with van der Waals surface area (Å²) in [7, 11) is 4.55. The van der Waals surface area contributed by atoms with Crippen molar-refractivity contribution in [1.82, 2.24) is 9.80 Å². The summed E-state index contributed by atoms with van der Waals surface area (Å²) >= 11 is 0. The first kappa shape index (κ1) is 14.3. The molecule has 0 aromatic heterocycles. The Kier molecular flexibility index (Phi) is 4.35. The fourth-order valence-electron chi connectivity index (χ4n) is 3.74. The SMILES string of the molecule is CC(C)C1CC(CN)(N(C)CC2CCCN2C)C1. The molecule has 2 fully saturated rings. The predicted molar refractivity (Wildman–Crippen MR) is 77.6 cm³/mol. The van der Waals surface area contributed by atoms with Gasteiger partial charge in [0.1, 0.15) is 0 Å². The lowest BCUT2D eigenvalue weighted by molar-refractivity contribution is -0.0283. The van der Waals surface area contributed by atoms with E-state index in [1.54, 1.807) is 0 Å². The van der Waals surface area contributed by atoms with Gasteiger partial charge in [0.2, 0.25) is 0 Å². The van der Waals surface area contributed by atoms with Crippen molar-refractivity contribution in [1.29, 1.82) is 0 Å². The van der Waals surface area contributed by atoms with Gasteiger partial charge in [0, 0.05) is 24.7 Å². The zero-order valence-corrected chi connectivity index (χ0v) is 12.7. The predicted octanol–water partition coefficient (Wildman–Crippen LogP) is 1.78. The standard InChI is InChI=1S/C15H31N3/c1-12(2)13-8-15(9-13,11-16)18(4)10-14-6-5-7-17(14)3/h12-14H,5-11,16H2,1-4H3. The van der Waals surface area contributed by atoms with Gasteiger partial charge in [-0.25, -0.2) is 0 Å². The molecule has 1 aliphatic heterocycles. The molecular weight excluding hydrogens is 222 g/mol. The van der Waals surface area contributed by atoms with Crippen molar-refractivity contribution < 1.29 is 0 Å². The monoisotopic (exact) mass is 253 g/mol. The average Bonchev–Trinajstić information content (AvgIpc) is 2.63. The minimum atomic E-state index is 0.304. The number of hydrogen-bond donors (Lipinski definition) is 1. The van der Waals surface area contributed by atoms with E-state index in [2.05, 4.69) is 37.7 Å². The highest BCUT2D eigenvalue weighted by molar-refractivity contribution is 5.04. The zero-order chi connectivity index (χ0) is 13.3. The Morgan fingerprint density at radius 1 is 1.39 bits per heavy atom. The van der Waals surface area contributed by atoms with E-state index in [-0.39, 0.29) is 0 Å². The van der Waals surface area contributed by atoms with Crippen LogP contribution in [0.5, 0.6) is 0 Å². The lowest BCUT2D eigenvalue weighted by Gasteiger charge is -2.55. The minimum Gasteiger partial charge on any atom is -0.329 e. The number of nitrogens with zero attached hydrogens (tertiary/aromatic N) is 2. The van der Waals surface area contributed by atoms with E-state index >= 15 is 0 Å². The molecule has 1 saturated carbocycles. The van der Waals surface area contributed by atoms with Gasteiger partial charge in [-0.05, 0) is 58.2 Å². The highest BCUT2D eigenvalue weighted by Gasteiger charge is 2.47. The van der Waals surface area contributed by atoms with Crippen LogP contribution >= 0.6 is 0 Å². The Balaban J connectivity index is 1.89. The molecule has 0 amide bonds.